The molecule has 2 aliphatic carbocycles. The molecule has 1 saturated heterocycles. The number of rotatable bonds is 3. The lowest BCUT2D eigenvalue weighted by molar-refractivity contribution is -0.135. The van der Waals surface area contributed by atoms with Crippen LogP contribution in [-0.2, 0) is 4.79 Å². The number of nitrogens with zero attached hydrogens (tertiary/aromatic N) is 4. The van der Waals surface area contributed by atoms with Gasteiger partial charge in [-0.1, -0.05) is 24.3 Å². The summed E-state index contributed by atoms with van der Waals surface area (Å²) in [6, 6.07) is 4.72. The summed E-state index contributed by atoms with van der Waals surface area (Å²) < 4.78 is 15.0. The Morgan fingerprint density at radius 2 is 1.84 bits per heavy atom. The van der Waals surface area contributed by atoms with Crippen LogP contribution in [0.1, 0.15) is 41.6 Å². The van der Waals surface area contributed by atoms with E-state index < -0.39 is 11.4 Å². The van der Waals surface area contributed by atoms with Gasteiger partial charge in [-0.3, -0.25) is 9.59 Å². The minimum Gasteiger partial charge on any atom is -0.338 e. The number of nitrogens with two attached hydrogens (primary N) is 1. The molecule has 2 N–H and O–H groups in total. The molecule has 0 radical (unpaired) electrons. The van der Waals surface area contributed by atoms with Crippen molar-refractivity contribution in [2.45, 2.75) is 31.2 Å². The van der Waals surface area contributed by atoms with Gasteiger partial charge in [0.15, 0.2) is 0 Å². The fourth-order valence-corrected chi connectivity index (χ4v) is 4.33. The molecule has 160 valence electrons. The van der Waals surface area contributed by atoms with Gasteiger partial charge in [0.1, 0.15) is 5.82 Å². The standard InChI is InChI=1S/C23H24FN5O2/c1-14-16-3-2-4-17(20(16)27-26-14)15-5-6-18(19(24)13-15)21(30)28-9-11-29(12-10-28)22(31)23(25)7-8-23/h2-6,13,17H,7-12,25H2,1H3. The van der Waals surface area contributed by atoms with Crippen molar-refractivity contribution >= 4 is 23.2 Å². The summed E-state index contributed by atoms with van der Waals surface area (Å²) in [6.45, 7) is 3.48. The molecule has 0 bridgehead atoms. The van der Waals surface area contributed by atoms with E-state index >= 15 is 0 Å². The highest BCUT2D eigenvalue weighted by molar-refractivity contribution is 6.29. The van der Waals surface area contributed by atoms with E-state index in [4.69, 9.17) is 5.73 Å². The minimum atomic E-state index is -0.704. The SMILES string of the molecule is CC1=NN=C2C1=CC=CC2c1ccc(C(=O)N2CCN(C(=O)C3(N)CC3)CC2)c(F)c1. The van der Waals surface area contributed by atoms with E-state index in [0.717, 1.165) is 22.6 Å². The van der Waals surface area contributed by atoms with Crippen LogP contribution in [0.4, 0.5) is 4.39 Å². The lowest BCUT2D eigenvalue weighted by atomic mass is 9.85. The molecule has 0 aromatic heterocycles. The summed E-state index contributed by atoms with van der Waals surface area (Å²) in [5.41, 5.74) is 8.67. The van der Waals surface area contributed by atoms with Crippen molar-refractivity contribution in [1.29, 1.82) is 0 Å². The van der Waals surface area contributed by atoms with Gasteiger partial charge in [-0.05, 0) is 37.5 Å². The number of piperazine rings is 1. The fraction of sp³-hybridized carbons (Fsp3) is 0.391. The number of amides is 2. The molecule has 5 rings (SSSR count). The predicted octanol–water partition coefficient (Wildman–Crippen LogP) is 2.01. The Labute approximate surface area is 179 Å². The Hall–Kier alpha value is -3.13. The quantitative estimate of drug-likeness (QED) is 0.809. The van der Waals surface area contributed by atoms with Gasteiger partial charge in [0, 0.05) is 37.7 Å². The van der Waals surface area contributed by atoms with Crippen LogP contribution in [0.15, 0.2) is 52.2 Å². The van der Waals surface area contributed by atoms with E-state index in [1.54, 1.807) is 21.9 Å². The highest BCUT2D eigenvalue weighted by Gasteiger charge is 2.48. The Morgan fingerprint density at radius 3 is 2.52 bits per heavy atom. The molecule has 8 heteroatoms. The summed E-state index contributed by atoms with van der Waals surface area (Å²) in [7, 11) is 0. The second kappa shape index (κ2) is 7.23. The Kier molecular flexibility index (Phi) is 4.62. The third-order valence-corrected chi connectivity index (χ3v) is 6.49. The van der Waals surface area contributed by atoms with Gasteiger partial charge >= 0.3 is 0 Å². The predicted molar refractivity (Wildman–Crippen MR) is 116 cm³/mol. The largest absolute Gasteiger partial charge is 0.338 e. The monoisotopic (exact) mass is 421 g/mol. The van der Waals surface area contributed by atoms with Crippen molar-refractivity contribution in [3.8, 4) is 0 Å². The second-order valence-electron chi connectivity index (χ2n) is 8.59. The van der Waals surface area contributed by atoms with Gasteiger partial charge in [0.2, 0.25) is 5.91 Å². The van der Waals surface area contributed by atoms with E-state index in [9.17, 15) is 14.0 Å². The first-order valence-electron chi connectivity index (χ1n) is 10.6. The highest BCUT2D eigenvalue weighted by atomic mass is 19.1. The number of fused-ring (bicyclic) bond motifs is 1. The molecule has 1 atom stereocenters. The molecule has 1 aromatic carbocycles. The smallest absolute Gasteiger partial charge is 0.256 e. The van der Waals surface area contributed by atoms with Crippen LogP contribution in [0, 0.1) is 5.82 Å². The van der Waals surface area contributed by atoms with E-state index in [1.807, 2.05) is 25.2 Å². The molecular weight excluding hydrogens is 397 g/mol. The summed E-state index contributed by atoms with van der Waals surface area (Å²) in [5, 5.41) is 8.38. The van der Waals surface area contributed by atoms with Crippen LogP contribution in [0.25, 0.3) is 0 Å². The van der Waals surface area contributed by atoms with Crippen LogP contribution in [0.5, 0.6) is 0 Å². The van der Waals surface area contributed by atoms with E-state index in [2.05, 4.69) is 10.2 Å². The van der Waals surface area contributed by atoms with E-state index in [0.29, 0.717) is 39.0 Å². The van der Waals surface area contributed by atoms with Crippen LogP contribution < -0.4 is 5.73 Å². The molecule has 1 aromatic rings. The summed E-state index contributed by atoms with van der Waals surface area (Å²) in [6.07, 6.45) is 7.26. The maximum atomic E-state index is 15.0. The molecule has 2 fully saturated rings. The first-order chi connectivity index (χ1) is 14.9. The normalized spacial score (nSPS) is 23.7. The molecule has 2 amide bonds. The molecule has 2 aliphatic heterocycles. The van der Waals surface area contributed by atoms with E-state index in [1.165, 1.54) is 6.07 Å². The molecular formula is C23H24FN5O2. The Bertz CT molecular complexity index is 1090. The van der Waals surface area contributed by atoms with Gasteiger partial charge in [-0.15, -0.1) is 0 Å². The van der Waals surface area contributed by atoms with Crippen molar-refractivity contribution in [1.82, 2.24) is 9.80 Å². The summed E-state index contributed by atoms with van der Waals surface area (Å²) in [5.74, 6) is -1.15. The van der Waals surface area contributed by atoms with Crippen molar-refractivity contribution < 1.29 is 14.0 Å². The second-order valence-corrected chi connectivity index (χ2v) is 8.59. The lowest BCUT2D eigenvalue weighted by Crippen LogP contribution is -2.55. The Morgan fingerprint density at radius 1 is 1.13 bits per heavy atom. The lowest BCUT2D eigenvalue weighted by Gasteiger charge is -2.36. The number of carbonyl (C=O) groups is 2. The number of carbonyl (C=O) groups excluding carboxylic acids is 2. The number of hydrogen-bond donors (Lipinski definition) is 1. The molecule has 2 heterocycles. The van der Waals surface area contributed by atoms with Gasteiger partial charge in [0.25, 0.3) is 5.91 Å². The van der Waals surface area contributed by atoms with Gasteiger partial charge in [-0.2, -0.15) is 10.2 Å². The van der Waals surface area contributed by atoms with Crippen LogP contribution in [-0.4, -0.2) is 64.8 Å². The van der Waals surface area contributed by atoms with Gasteiger partial charge in [0.05, 0.1) is 22.5 Å². The molecule has 1 unspecified atom stereocenters. The number of benzene rings is 1. The topological polar surface area (TPSA) is 91.4 Å². The number of hydrogen-bond acceptors (Lipinski definition) is 5. The highest BCUT2D eigenvalue weighted by Crippen LogP contribution is 2.34. The minimum absolute atomic E-state index is 0.0392. The van der Waals surface area contributed by atoms with Gasteiger partial charge in [-0.25, -0.2) is 4.39 Å². The average Bonchev–Trinajstić information content (AvgIpc) is 3.43. The molecule has 1 saturated carbocycles. The average molecular weight is 421 g/mol. The number of halogens is 1. The Balaban J connectivity index is 1.28. The zero-order valence-corrected chi connectivity index (χ0v) is 17.3. The molecule has 7 nitrogen and oxygen atoms in total. The maximum absolute atomic E-state index is 15.0. The van der Waals surface area contributed by atoms with Crippen molar-refractivity contribution in [2.24, 2.45) is 15.9 Å². The molecule has 0 spiro atoms. The summed E-state index contributed by atoms with van der Waals surface area (Å²) in [4.78, 5) is 28.6. The maximum Gasteiger partial charge on any atom is 0.256 e. The first kappa shape index (κ1) is 19.8. The first-order valence-corrected chi connectivity index (χ1v) is 10.6. The van der Waals surface area contributed by atoms with Gasteiger partial charge < -0.3 is 15.5 Å². The van der Waals surface area contributed by atoms with Crippen molar-refractivity contribution in [3.05, 3.63) is 58.9 Å². The molecule has 31 heavy (non-hydrogen) atoms. The number of allylic oxidation sites excluding steroid dienone is 4. The van der Waals surface area contributed by atoms with Crippen molar-refractivity contribution in [2.75, 3.05) is 26.2 Å². The van der Waals surface area contributed by atoms with Crippen molar-refractivity contribution in [3.63, 3.8) is 0 Å². The van der Waals surface area contributed by atoms with Crippen LogP contribution in [0.2, 0.25) is 0 Å². The fourth-order valence-electron chi connectivity index (χ4n) is 4.33. The van der Waals surface area contributed by atoms with Crippen LogP contribution in [0.3, 0.4) is 0 Å². The van der Waals surface area contributed by atoms with E-state index in [-0.39, 0.29) is 23.3 Å². The third-order valence-electron chi connectivity index (χ3n) is 6.49. The zero-order valence-electron chi connectivity index (χ0n) is 17.3. The summed E-state index contributed by atoms with van der Waals surface area (Å²) >= 11 is 0. The van der Waals surface area contributed by atoms with Crippen LogP contribution >= 0.6 is 0 Å². The molecule has 4 aliphatic rings. The zero-order chi connectivity index (χ0) is 21.8. The third kappa shape index (κ3) is 3.40.